The van der Waals surface area contributed by atoms with Gasteiger partial charge in [0.05, 0.1) is 31.3 Å². The second-order valence-corrected chi connectivity index (χ2v) is 5.00. The Kier molecular flexibility index (Phi) is 6.26. The van der Waals surface area contributed by atoms with Gasteiger partial charge in [-0.25, -0.2) is 0 Å². The van der Waals surface area contributed by atoms with E-state index in [2.05, 4.69) is 15.9 Å². The summed E-state index contributed by atoms with van der Waals surface area (Å²) < 4.78 is 15.5. The number of nitrogens with zero attached hydrogens (tertiary/aromatic N) is 1. The van der Waals surface area contributed by atoms with Crippen LogP contribution in [0.2, 0.25) is 0 Å². The van der Waals surface area contributed by atoms with Gasteiger partial charge in [0.15, 0.2) is 6.10 Å². The van der Waals surface area contributed by atoms with Gasteiger partial charge in [0.2, 0.25) is 0 Å². The van der Waals surface area contributed by atoms with Crippen molar-refractivity contribution in [2.45, 2.75) is 10.9 Å². The van der Waals surface area contributed by atoms with Crippen LogP contribution in [0.25, 0.3) is 0 Å². The van der Waals surface area contributed by atoms with E-state index in [0.717, 1.165) is 0 Å². The molecule has 1 heterocycles. The van der Waals surface area contributed by atoms with Crippen LogP contribution >= 0.6 is 15.9 Å². The Labute approximate surface area is 104 Å². The Hall–Kier alpha value is -0.170. The van der Waals surface area contributed by atoms with Crippen molar-refractivity contribution in [3.63, 3.8) is 0 Å². The Morgan fingerprint density at radius 2 is 2.38 bits per heavy atom. The third kappa shape index (κ3) is 4.37. The highest BCUT2D eigenvalue weighted by molar-refractivity contribution is 9.09. The summed E-state index contributed by atoms with van der Waals surface area (Å²) in [7, 11) is 3.39. The molecule has 5 nitrogen and oxygen atoms in total. The van der Waals surface area contributed by atoms with Crippen molar-refractivity contribution in [3.05, 3.63) is 0 Å². The van der Waals surface area contributed by atoms with Crippen LogP contribution in [-0.4, -0.2) is 68.9 Å². The molecule has 0 aliphatic carbocycles. The first kappa shape index (κ1) is 13.9. The first-order valence-corrected chi connectivity index (χ1v) is 6.14. The van der Waals surface area contributed by atoms with Gasteiger partial charge in [-0.2, -0.15) is 0 Å². The molecule has 1 saturated heterocycles. The van der Waals surface area contributed by atoms with Crippen LogP contribution in [0, 0.1) is 0 Å². The van der Waals surface area contributed by atoms with E-state index in [-0.39, 0.29) is 10.7 Å². The van der Waals surface area contributed by atoms with Crippen molar-refractivity contribution in [2.24, 2.45) is 0 Å². The van der Waals surface area contributed by atoms with Crippen LogP contribution in [0.5, 0.6) is 0 Å². The van der Waals surface area contributed by atoms with Gasteiger partial charge >= 0.3 is 0 Å². The quantitative estimate of drug-likeness (QED) is 0.683. The molecular weight excluding hydrogens is 278 g/mol. The largest absolute Gasteiger partial charge is 0.383 e. The second-order valence-electron chi connectivity index (χ2n) is 3.71. The topological polar surface area (TPSA) is 48.0 Å². The Morgan fingerprint density at radius 3 is 2.94 bits per heavy atom. The number of hydrogen-bond donors (Lipinski definition) is 0. The standard InChI is InChI=1S/C10H18BrNO4/c1-12(5-8(11)6-14-2)10(13)9-7-15-3-4-16-9/h8-9H,3-7H2,1-2H3. The lowest BCUT2D eigenvalue weighted by Gasteiger charge is -2.27. The molecule has 0 aromatic rings. The average Bonchev–Trinajstić information content (AvgIpc) is 2.29. The van der Waals surface area contributed by atoms with E-state index in [1.54, 1.807) is 19.1 Å². The fourth-order valence-corrected chi connectivity index (χ4v) is 2.20. The third-order valence-corrected chi connectivity index (χ3v) is 2.84. The van der Waals surface area contributed by atoms with Crippen molar-refractivity contribution in [1.82, 2.24) is 4.90 Å². The summed E-state index contributed by atoms with van der Waals surface area (Å²) in [5.41, 5.74) is 0. The number of hydrogen-bond acceptors (Lipinski definition) is 4. The molecule has 16 heavy (non-hydrogen) atoms. The fraction of sp³-hybridized carbons (Fsp3) is 0.900. The predicted molar refractivity (Wildman–Crippen MR) is 62.8 cm³/mol. The summed E-state index contributed by atoms with van der Waals surface area (Å²) in [6.07, 6.45) is -0.457. The molecule has 6 heteroatoms. The fourth-order valence-electron chi connectivity index (χ4n) is 1.50. The van der Waals surface area contributed by atoms with Crippen LogP contribution in [0.15, 0.2) is 0 Å². The van der Waals surface area contributed by atoms with Crippen LogP contribution in [0.4, 0.5) is 0 Å². The maximum atomic E-state index is 11.9. The zero-order valence-corrected chi connectivity index (χ0v) is 11.2. The van der Waals surface area contributed by atoms with Crippen LogP contribution in [0.1, 0.15) is 0 Å². The minimum absolute atomic E-state index is 0.0414. The van der Waals surface area contributed by atoms with Crippen LogP contribution in [0.3, 0.4) is 0 Å². The molecule has 0 saturated carbocycles. The highest BCUT2D eigenvalue weighted by Crippen LogP contribution is 2.07. The van der Waals surface area contributed by atoms with Gasteiger partial charge in [0.1, 0.15) is 0 Å². The Bertz CT molecular complexity index is 221. The Morgan fingerprint density at radius 1 is 1.62 bits per heavy atom. The van der Waals surface area contributed by atoms with E-state index in [1.807, 2.05) is 0 Å². The summed E-state index contributed by atoms with van der Waals surface area (Å²) in [5.74, 6) is -0.0414. The minimum atomic E-state index is -0.457. The molecule has 1 fully saturated rings. The van der Waals surface area contributed by atoms with E-state index in [9.17, 15) is 4.79 Å². The van der Waals surface area contributed by atoms with E-state index < -0.39 is 6.10 Å². The molecule has 0 bridgehead atoms. The molecule has 0 N–H and O–H groups in total. The van der Waals surface area contributed by atoms with E-state index >= 15 is 0 Å². The Balaban J connectivity index is 2.34. The summed E-state index contributed by atoms with van der Waals surface area (Å²) in [6, 6.07) is 0. The summed E-state index contributed by atoms with van der Waals surface area (Å²) >= 11 is 3.44. The number of alkyl halides is 1. The molecule has 1 rings (SSSR count). The first-order chi connectivity index (χ1) is 7.65. The van der Waals surface area contributed by atoms with Gasteiger partial charge in [-0.15, -0.1) is 0 Å². The number of methoxy groups -OCH3 is 1. The smallest absolute Gasteiger partial charge is 0.253 e. The highest BCUT2D eigenvalue weighted by Gasteiger charge is 2.26. The second kappa shape index (κ2) is 7.21. The van der Waals surface area contributed by atoms with Crippen molar-refractivity contribution in [2.75, 3.05) is 47.1 Å². The normalized spacial score (nSPS) is 22.8. The average molecular weight is 296 g/mol. The summed E-state index contributed by atoms with van der Waals surface area (Å²) in [4.78, 5) is 13.7. The van der Waals surface area contributed by atoms with Gasteiger partial charge in [-0.1, -0.05) is 15.9 Å². The number of carbonyl (C=O) groups excluding carboxylic acids is 1. The molecule has 0 aromatic heterocycles. The number of halogens is 1. The van der Waals surface area contributed by atoms with E-state index in [1.165, 1.54) is 0 Å². The molecule has 1 amide bonds. The molecule has 1 aliphatic heterocycles. The molecule has 94 valence electrons. The lowest BCUT2D eigenvalue weighted by molar-refractivity contribution is -0.156. The number of rotatable bonds is 5. The predicted octanol–water partition coefficient (Wildman–Crippen LogP) is 0.270. The maximum absolute atomic E-state index is 11.9. The van der Waals surface area contributed by atoms with Crippen LogP contribution < -0.4 is 0 Å². The SMILES string of the molecule is COCC(Br)CN(C)C(=O)C1COCCO1. The van der Waals surface area contributed by atoms with Gasteiger partial charge in [-0.05, 0) is 0 Å². The van der Waals surface area contributed by atoms with Gasteiger partial charge < -0.3 is 19.1 Å². The first-order valence-electron chi connectivity index (χ1n) is 5.22. The molecular formula is C10H18BrNO4. The summed E-state index contributed by atoms with van der Waals surface area (Å²) in [5, 5.41) is 0. The molecule has 0 radical (unpaired) electrons. The zero-order valence-electron chi connectivity index (χ0n) is 9.65. The zero-order chi connectivity index (χ0) is 12.0. The van der Waals surface area contributed by atoms with Gasteiger partial charge in [0.25, 0.3) is 5.91 Å². The lowest BCUT2D eigenvalue weighted by Crippen LogP contribution is -2.45. The van der Waals surface area contributed by atoms with Crippen LogP contribution in [-0.2, 0) is 19.0 Å². The number of likely N-dealkylation sites (N-methyl/N-ethyl adjacent to an activating group) is 1. The maximum Gasteiger partial charge on any atom is 0.253 e. The van der Waals surface area contributed by atoms with Crippen molar-refractivity contribution >= 4 is 21.8 Å². The van der Waals surface area contributed by atoms with E-state index in [0.29, 0.717) is 33.0 Å². The van der Waals surface area contributed by atoms with Gasteiger partial charge in [-0.3, -0.25) is 4.79 Å². The molecule has 0 aromatic carbocycles. The minimum Gasteiger partial charge on any atom is -0.383 e. The molecule has 2 unspecified atom stereocenters. The van der Waals surface area contributed by atoms with Crippen molar-refractivity contribution in [3.8, 4) is 0 Å². The van der Waals surface area contributed by atoms with E-state index in [4.69, 9.17) is 14.2 Å². The van der Waals surface area contributed by atoms with Gasteiger partial charge in [0, 0.05) is 20.7 Å². The number of ether oxygens (including phenoxy) is 3. The monoisotopic (exact) mass is 295 g/mol. The number of amides is 1. The highest BCUT2D eigenvalue weighted by atomic mass is 79.9. The third-order valence-electron chi connectivity index (χ3n) is 2.29. The van der Waals surface area contributed by atoms with Crippen molar-refractivity contribution < 1.29 is 19.0 Å². The van der Waals surface area contributed by atoms with Crippen molar-refractivity contribution in [1.29, 1.82) is 0 Å². The number of carbonyl (C=O) groups is 1. The lowest BCUT2D eigenvalue weighted by atomic mass is 10.3. The molecule has 0 spiro atoms. The summed E-state index contributed by atoms with van der Waals surface area (Å²) in [6.45, 7) is 2.56. The molecule has 2 atom stereocenters. The molecule has 1 aliphatic rings.